The molecule has 2 N–H and O–H groups in total. The molecule has 0 bridgehead atoms. The highest BCUT2D eigenvalue weighted by atomic mass is 16.5. The molecule has 1 fully saturated rings. The highest BCUT2D eigenvalue weighted by molar-refractivity contribution is 5.74. The Morgan fingerprint density at radius 1 is 1.27 bits per heavy atom. The maximum atomic E-state index is 12.2. The first-order chi connectivity index (χ1) is 10.7. The molecule has 1 aliphatic rings. The van der Waals surface area contributed by atoms with Gasteiger partial charge in [0.05, 0.1) is 12.6 Å². The molecule has 2 amide bonds. The van der Waals surface area contributed by atoms with E-state index in [1.165, 1.54) is 25.7 Å². The number of ether oxygens (including phenoxy) is 1. The first-order valence-corrected chi connectivity index (χ1v) is 8.49. The summed E-state index contributed by atoms with van der Waals surface area (Å²) in [4.78, 5) is 12.2. The van der Waals surface area contributed by atoms with Crippen LogP contribution in [0.3, 0.4) is 0 Å². The van der Waals surface area contributed by atoms with Crippen molar-refractivity contribution in [1.29, 1.82) is 0 Å². The first kappa shape index (κ1) is 16.7. The van der Waals surface area contributed by atoms with Crippen molar-refractivity contribution in [2.45, 2.75) is 64.5 Å². The third-order valence-corrected chi connectivity index (χ3v) is 4.21. The lowest BCUT2D eigenvalue weighted by Crippen LogP contribution is -2.42. The van der Waals surface area contributed by atoms with Crippen LogP contribution < -0.4 is 15.4 Å². The van der Waals surface area contributed by atoms with Gasteiger partial charge in [0.25, 0.3) is 0 Å². The van der Waals surface area contributed by atoms with Gasteiger partial charge in [-0.15, -0.1) is 0 Å². The fourth-order valence-corrected chi connectivity index (χ4v) is 2.97. The zero-order chi connectivity index (χ0) is 15.8. The number of carbonyl (C=O) groups excluding carboxylic acids is 1. The van der Waals surface area contributed by atoms with Crippen LogP contribution >= 0.6 is 0 Å². The van der Waals surface area contributed by atoms with Crippen LogP contribution in [0, 0.1) is 0 Å². The molecule has 0 radical (unpaired) electrons. The molecule has 1 aliphatic carbocycles. The lowest BCUT2D eigenvalue weighted by molar-refractivity contribution is 0.232. The minimum atomic E-state index is -0.0683. The van der Waals surface area contributed by atoms with Crippen molar-refractivity contribution < 1.29 is 9.53 Å². The van der Waals surface area contributed by atoms with Crippen molar-refractivity contribution in [2.24, 2.45) is 0 Å². The Kier molecular flexibility index (Phi) is 6.56. The van der Waals surface area contributed by atoms with Crippen molar-refractivity contribution in [1.82, 2.24) is 10.6 Å². The molecule has 0 spiro atoms. The summed E-state index contributed by atoms with van der Waals surface area (Å²) in [6.07, 6.45) is 7.22. The van der Waals surface area contributed by atoms with E-state index < -0.39 is 0 Å². The van der Waals surface area contributed by atoms with Gasteiger partial charge in [0.2, 0.25) is 0 Å². The summed E-state index contributed by atoms with van der Waals surface area (Å²) in [5, 5.41) is 6.15. The molecular formula is C18H28N2O2. The molecule has 122 valence electrons. The van der Waals surface area contributed by atoms with Crippen LogP contribution in [0.2, 0.25) is 0 Å². The number of carbonyl (C=O) groups is 1. The minimum Gasteiger partial charge on any atom is -0.494 e. The summed E-state index contributed by atoms with van der Waals surface area (Å²) in [6, 6.07) is 8.11. The molecule has 1 unspecified atom stereocenters. The van der Waals surface area contributed by atoms with Crippen LogP contribution in [0.1, 0.15) is 64.0 Å². The fraction of sp³-hybridized carbons (Fsp3) is 0.611. The maximum Gasteiger partial charge on any atom is 0.315 e. The number of rotatable bonds is 5. The first-order valence-electron chi connectivity index (χ1n) is 8.49. The van der Waals surface area contributed by atoms with Crippen LogP contribution in [0.5, 0.6) is 5.75 Å². The summed E-state index contributed by atoms with van der Waals surface area (Å²) in [7, 11) is 0. The molecule has 1 aromatic rings. The Morgan fingerprint density at radius 2 is 2.00 bits per heavy atom. The molecule has 1 aromatic carbocycles. The van der Waals surface area contributed by atoms with Gasteiger partial charge in [-0.05, 0) is 44.4 Å². The molecule has 1 atom stereocenters. The predicted octanol–water partition coefficient (Wildman–Crippen LogP) is 4.17. The lowest BCUT2D eigenvalue weighted by Gasteiger charge is -2.20. The quantitative estimate of drug-likeness (QED) is 0.802. The average Bonchev–Trinajstić information content (AvgIpc) is 2.76. The second kappa shape index (κ2) is 8.66. The third kappa shape index (κ3) is 5.24. The number of hydrogen-bond acceptors (Lipinski definition) is 2. The van der Waals surface area contributed by atoms with Crippen LogP contribution in [0.15, 0.2) is 24.3 Å². The van der Waals surface area contributed by atoms with Crippen molar-refractivity contribution >= 4 is 6.03 Å². The zero-order valence-electron chi connectivity index (χ0n) is 13.7. The van der Waals surface area contributed by atoms with E-state index in [1.807, 2.05) is 38.1 Å². The SMILES string of the molecule is CCOc1cccc(C(C)NC(=O)NC2CCCCCC2)c1. The smallest absolute Gasteiger partial charge is 0.315 e. The topological polar surface area (TPSA) is 50.4 Å². The Hall–Kier alpha value is -1.71. The number of amides is 2. The molecule has 4 nitrogen and oxygen atoms in total. The molecule has 22 heavy (non-hydrogen) atoms. The van der Waals surface area contributed by atoms with E-state index in [-0.39, 0.29) is 12.1 Å². The van der Waals surface area contributed by atoms with Gasteiger partial charge < -0.3 is 15.4 Å². The highest BCUT2D eigenvalue weighted by Gasteiger charge is 2.16. The molecule has 0 saturated heterocycles. The van der Waals surface area contributed by atoms with Gasteiger partial charge in [-0.1, -0.05) is 37.8 Å². The molecule has 4 heteroatoms. The van der Waals surface area contributed by atoms with Crippen molar-refractivity contribution in [3.63, 3.8) is 0 Å². The standard InChI is InChI=1S/C18H28N2O2/c1-3-22-17-12-8-9-15(13-17)14(2)19-18(21)20-16-10-6-4-5-7-11-16/h8-9,12-14,16H,3-7,10-11H2,1-2H3,(H2,19,20,21). The summed E-state index contributed by atoms with van der Waals surface area (Å²) in [5.74, 6) is 0.845. The molecular weight excluding hydrogens is 276 g/mol. The van der Waals surface area contributed by atoms with Gasteiger partial charge in [0.15, 0.2) is 0 Å². The van der Waals surface area contributed by atoms with Crippen LogP contribution in [0.25, 0.3) is 0 Å². The van der Waals surface area contributed by atoms with E-state index in [4.69, 9.17) is 4.74 Å². The molecule has 0 aromatic heterocycles. The van der Waals surface area contributed by atoms with Gasteiger partial charge in [-0.25, -0.2) is 4.79 Å². The number of benzene rings is 1. The van der Waals surface area contributed by atoms with Gasteiger partial charge in [-0.3, -0.25) is 0 Å². The number of nitrogens with one attached hydrogen (secondary N) is 2. The summed E-state index contributed by atoms with van der Waals surface area (Å²) < 4.78 is 5.51. The maximum absolute atomic E-state index is 12.2. The van der Waals surface area contributed by atoms with Gasteiger partial charge >= 0.3 is 6.03 Å². The van der Waals surface area contributed by atoms with E-state index in [1.54, 1.807) is 0 Å². The Balaban J connectivity index is 1.86. The Labute approximate surface area is 133 Å². The summed E-state index contributed by atoms with van der Waals surface area (Å²) in [6.45, 7) is 4.61. The Morgan fingerprint density at radius 3 is 2.68 bits per heavy atom. The molecule has 1 saturated carbocycles. The second-order valence-electron chi connectivity index (χ2n) is 6.03. The van der Waals surface area contributed by atoms with E-state index in [0.717, 1.165) is 24.2 Å². The van der Waals surface area contributed by atoms with E-state index in [2.05, 4.69) is 10.6 Å². The Bertz CT molecular complexity index is 468. The summed E-state index contributed by atoms with van der Waals surface area (Å²) in [5.41, 5.74) is 1.06. The minimum absolute atomic E-state index is 0.0359. The second-order valence-corrected chi connectivity index (χ2v) is 6.03. The van der Waals surface area contributed by atoms with Crippen LogP contribution in [0.4, 0.5) is 4.79 Å². The fourth-order valence-electron chi connectivity index (χ4n) is 2.97. The van der Waals surface area contributed by atoms with Crippen LogP contribution in [-0.4, -0.2) is 18.7 Å². The number of hydrogen-bond donors (Lipinski definition) is 2. The van der Waals surface area contributed by atoms with E-state index in [9.17, 15) is 4.79 Å². The molecule has 2 rings (SSSR count). The highest BCUT2D eigenvalue weighted by Crippen LogP contribution is 2.20. The zero-order valence-corrected chi connectivity index (χ0v) is 13.7. The number of urea groups is 1. The largest absolute Gasteiger partial charge is 0.494 e. The normalized spacial score (nSPS) is 17.4. The van der Waals surface area contributed by atoms with E-state index in [0.29, 0.717) is 12.6 Å². The van der Waals surface area contributed by atoms with Crippen LogP contribution in [-0.2, 0) is 0 Å². The predicted molar refractivity (Wildman–Crippen MR) is 89.2 cm³/mol. The van der Waals surface area contributed by atoms with Gasteiger partial charge in [0, 0.05) is 6.04 Å². The van der Waals surface area contributed by atoms with Crippen molar-refractivity contribution in [3.05, 3.63) is 29.8 Å². The molecule has 0 aliphatic heterocycles. The van der Waals surface area contributed by atoms with E-state index >= 15 is 0 Å². The summed E-state index contributed by atoms with van der Waals surface area (Å²) >= 11 is 0. The average molecular weight is 304 g/mol. The third-order valence-electron chi connectivity index (χ3n) is 4.21. The van der Waals surface area contributed by atoms with Gasteiger partial charge in [0.1, 0.15) is 5.75 Å². The monoisotopic (exact) mass is 304 g/mol. The van der Waals surface area contributed by atoms with Gasteiger partial charge in [-0.2, -0.15) is 0 Å². The van der Waals surface area contributed by atoms with Crippen molar-refractivity contribution in [2.75, 3.05) is 6.61 Å². The molecule has 0 heterocycles. The lowest BCUT2D eigenvalue weighted by atomic mass is 10.1. The van der Waals surface area contributed by atoms with Crippen molar-refractivity contribution in [3.8, 4) is 5.75 Å².